The monoisotopic (exact) mass is 215 g/mol. The fraction of sp³-hybridized carbons (Fsp3) is 1.00. The second-order valence-electron chi connectivity index (χ2n) is 5.20. The summed E-state index contributed by atoms with van der Waals surface area (Å²) in [7, 11) is 0. The molecular weight excluding hydrogens is 190 g/mol. The van der Waals surface area contributed by atoms with Crippen molar-refractivity contribution in [2.75, 3.05) is 19.6 Å². The zero-order valence-electron chi connectivity index (χ0n) is 10.3. The van der Waals surface area contributed by atoms with Gasteiger partial charge in [0.2, 0.25) is 0 Å². The average Bonchev–Trinajstić information content (AvgIpc) is 2.21. The van der Waals surface area contributed by atoms with E-state index in [-0.39, 0.29) is 0 Å². The third kappa shape index (κ3) is 3.74. The molecule has 0 unspecified atom stereocenters. The lowest BCUT2D eigenvalue weighted by Gasteiger charge is -2.39. The Balaban J connectivity index is 2.41. The van der Waals surface area contributed by atoms with Crippen molar-refractivity contribution in [3.05, 3.63) is 0 Å². The predicted molar refractivity (Wildman–Crippen MR) is 61.8 cm³/mol. The molecule has 1 heterocycles. The van der Waals surface area contributed by atoms with E-state index >= 15 is 0 Å². The minimum absolute atomic E-state index is 0.493. The molecule has 2 N–H and O–H groups in total. The summed E-state index contributed by atoms with van der Waals surface area (Å²) in [6, 6.07) is 0. The molecule has 0 aromatic rings. The van der Waals surface area contributed by atoms with E-state index in [2.05, 4.69) is 4.90 Å². The lowest BCUT2D eigenvalue weighted by molar-refractivity contribution is -0.0456. The van der Waals surface area contributed by atoms with E-state index in [4.69, 9.17) is 0 Å². The van der Waals surface area contributed by atoms with Crippen molar-refractivity contribution >= 4 is 0 Å². The molecule has 0 aliphatic carbocycles. The minimum atomic E-state index is -0.538. The van der Waals surface area contributed by atoms with Crippen LogP contribution in [0.15, 0.2) is 0 Å². The third-order valence-corrected chi connectivity index (χ3v) is 3.77. The van der Waals surface area contributed by atoms with Gasteiger partial charge in [-0.3, -0.25) is 0 Å². The van der Waals surface area contributed by atoms with Crippen LogP contribution in [0.3, 0.4) is 0 Å². The van der Waals surface area contributed by atoms with Crippen LogP contribution in [-0.4, -0.2) is 45.9 Å². The molecule has 0 atom stereocenters. The number of likely N-dealkylation sites (tertiary alicyclic amines) is 1. The van der Waals surface area contributed by atoms with Gasteiger partial charge < -0.3 is 15.1 Å². The molecule has 1 aliphatic heterocycles. The first-order valence-electron chi connectivity index (χ1n) is 6.08. The zero-order valence-corrected chi connectivity index (χ0v) is 10.3. The van der Waals surface area contributed by atoms with Crippen molar-refractivity contribution in [3.63, 3.8) is 0 Å². The summed E-state index contributed by atoms with van der Waals surface area (Å²) < 4.78 is 0. The maximum atomic E-state index is 10.2. The van der Waals surface area contributed by atoms with Gasteiger partial charge >= 0.3 is 0 Å². The highest BCUT2D eigenvalue weighted by atomic mass is 16.3. The predicted octanol–water partition coefficient (Wildman–Crippen LogP) is 1.38. The van der Waals surface area contributed by atoms with Crippen molar-refractivity contribution in [1.29, 1.82) is 0 Å². The van der Waals surface area contributed by atoms with E-state index in [1.54, 1.807) is 0 Å². The Hall–Kier alpha value is -0.120. The highest BCUT2D eigenvalue weighted by molar-refractivity contribution is 4.86. The maximum absolute atomic E-state index is 10.2. The average molecular weight is 215 g/mol. The Bertz CT molecular complexity index is 190. The first-order chi connectivity index (χ1) is 6.91. The summed E-state index contributed by atoms with van der Waals surface area (Å²) in [5, 5.41) is 20.0. The molecular formula is C12H25NO2. The van der Waals surface area contributed by atoms with Crippen LogP contribution in [0.2, 0.25) is 0 Å². The lowest BCUT2D eigenvalue weighted by atomic mass is 9.91. The molecule has 0 spiro atoms. The van der Waals surface area contributed by atoms with Crippen LogP contribution in [0, 0.1) is 0 Å². The van der Waals surface area contributed by atoms with Crippen LogP contribution in [0.5, 0.6) is 0 Å². The number of hydrogen-bond donors (Lipinski definition) is 2. The fourth-order valence-corrected chi connectivity index (χ4v) is 2.08. The summed E-state index contributed by atoms with van der Waals surface area (Å²) in [4.78, 5) is 2.27. The van der Waals surface area contributed by atoms with Crippen LogP contribution < -0.4 is 0 Å². The Morgan fingerprint density at radius 1 is 1.20 bits per heavy atom. The number of β-amino-alcohol motifs (C(OH)–C–C–N with tert-alkyl or cyclic N) is 1. The second-order valence-corrected chi connectivity index (χ2v) is 5.20. The summed E-state index contributed by atoms with van der Waals surface area (Å²) >= 11 is 0. The van der Waals surface area contributed by atoms with Gasteiger partial charge in [-0.25, -0.2) is 0 Å². The van der Waals surface area contributed by atoms with E-state index in [1.807, 2.05) is 20.8 Å². The Morgan fingerprint density at radius 2 is 1.67 bits per heavy atom. The smallest absolute Gasteiger partial charge is 0.0768 e. The molecule has 0 aromatic carbocycles. The van der Waals surface area contributed by atoms with Gasteiger partial charge in [0.25, 0.3) is 0 Å². The number of piperidine rings is 1. The van der Waals surface area contributed by atoms with Gasteiger partial charge in [-0.05, 0) is 32.6 Å². The normalized spacial score (nSPS) is 23.0. The maximum Gasteiger partial charge on any atom is 0.0768 e. The molecule has 0 radical (unpaired) electrons. The van der Waals surface area contributed by atoms with E-state index in [0.29, 0.717) is 0 Å². The van der Waals surface area contributed by atoms with Crippen molar-refractivity contribution in [2.45, 2.75) is 57.7 Å². The highest BCUT2D eigenvalue weighted by Crippen LogP contribution is 2.24. The van der Waals surface area contributed by atoms with Crippen molar-refractivity contribution < 1.29 is 10.2 Å². The third-order valence-electron chi connectivity index (χ3n) is 3.77. The van der Waals surface area contributed by atoms with Gasteiger partial charge in [-0.15, -0.1) is 0 Å². The Kier molecular flexibility index (Phi) is 4.15. The van der Waals surface area contributed by atoms with Gasteiger partial charge in [0.05, 0.1) is 11.2 Å². The molecule has 3 nitrogen and oxygen atoms in total. The van der Waals surface area contributed by atoms with Gasteiger partial charge in [0.15, 0.2) is 0 Å². The standard InChI is InChI=1S/C12H25NO2/c1-4-12(15,5-2)10-13-8-6-11(3,14)7-9-13/h14-15H,4-10H2,1-3H3. The van der Waals surface area contributed by atoms with Crippen molar-refractivity contribution in [2.24, 2.45) is 0 Å². The molecule has 1 fully saturated rings. The molecule has 0 amide bonds. The molecule has 0 aromatic heterocycles. The topological polar surface area (TPSA) is 43.7 Å². The summed E-state index contributed by atoms with van der Waals surface area (Å²) in [6.07, 6.45) is 3.24. The van der Waals surface area contributed by atoms with E-state index < -0.39 is 11.2 Å². The van der Waals surface area contributed by atoms with Crippen LogP contribution in [0.1, 0.15) is 46.5 Å². The Labute approximate surface area is 93.1 Å². The van der Waals surface area contributed by atoms with E-state index in [1.165, 1.54) is 0 Å². The van der Waals surface area contributed by atoms with Gasteiger partial charge in [0, 0.05) is 19.6 Å². The first kappa shape index (κ1) is 12.9. The fourth-order valence-electron chi connectivity index (χ4n) is 2.08. The van der Waals surface area contributed by atoms with Crippen LogP contribution in [0.25, 0.3) is 0 Å². The number of nitrogens with zero attached hydrogens (tertiary/aromatic N) is 1. The van der Waals surface area contributed by atoms with E-state index in [9.17, 15) is 10.2 Å². The summed E-state index contributed by atoms with van der Waals surface area (Å²) in [5.41, 5.74) is -1.03. The Morgan fingerprint density at radius 3 is 2.07 bits per heavy atom. The molecule has 1 rings (SSSR count). The molecule has 1 saturated heterocycles. The number of hydrogen-bond acceptors (Lipinski definition) is 3. The molecule has 1 aliphatic rings. The molecule has 15 heavy (non-hydrogen) atoms. The summed E-state index contributed by atoms with van der Waals surface area (Å²) in [6.45, 7) is 8.50. The largest absolute Gasteiger partial charge is 0.390 e. The molecule has 0 bridgehead atoms. The molecule has 90 valence electrons. The van der Waals surface area contributed by atoms with Crippen LogP contribution in [0.4, 0.5) is 0 Å². The quantitative estimate of drug-likeness (QED) is 0.744. The number of aliphatic hydroxyl groups is 2. The second kappa shape index (κ2) is 4.81. The van der Waals surface area contributed by atoms with Gasteiger partial charge in [0.1, 0.15) is 0 Å². The number of rotatable bonds is 4. The highest BCUT2D eigenvalue weighted by Gasteiger charge is 2.31. The van der Waals surface area contributed by atoms with Crippen molar-refractivity contribution in [1.82, 2.24) is 4.90 Å². The molecule has 0 saturated carbocycles. The summed E-state index contributed by atoms with van der Waals surface area (Å²) in [5.74, 6) is 0. The zero-order chi connectivity index (χ0) is 11.5. The van der Waals surface area contributed by atoms with Gasteiger partial charge in [-0.1, -0.05) is 13.8 Å². The molecule has 3 heteroatoms. The SMILES string of the molecule is CCC(O)(CC)CN1CCC(C)(O)CC1. The van der Waals surface area contributed by atoms with E-state index in [0.717, 1.165) is 45.3 Å². The van der Waals surface area contributed by atoms with Gasteiger partial charge in [-0.2, -0.15) is 0 Å². The first-order valence-corrected chi connectivity index (χ1v) is 6.08. The lowest BCUT2D eigenvalue weighted by Crippen LogP contribution is -2.49. The minimum Gasteiger partial charge on any atom is -0.390 e. The van der Waals surface area contributed by atoms with Crippen LogP contribution in [-0.2, 0) is 0 Å². The van der Waals surface area contributed by atoms with Crippen molar-refractivity contribution in [3.8, 4) is 0 Å². The van der Waals surface area contributed by atoms with Crippen LogP contribution >= 0.6 is 0 Å².